The van der Waals surface area contributed by atoms with Crippen LogP contribution in [-0.2, 0) is 11.2 Å². The van der Waals surface area contributed by atoms with Crippen molar-refractivity contribution in [3.8, 4) is 0 Å². The van der Waals surface area contributed by atoms with Gasteiger partial charge in [0.05, 0.1) is 0 Å². The number of nitrogens with one attached hydrogen (secondary N) is 1. The highest BCUT2D eigenvalue weighted by molar-refractivity contribution is 7.12. The van der Waals surface area contributed by atoms with Crippen LogP contribution < -0.4 is 5.32 Å². The highest BCUT2D eigenvalue weighted by atomic mass is 32.1. The molecule has 2 nitrogen and oxygen atoms in total. The minimum Gasteiger partial charge on any atom is -0.372 e. The second-order valence-corrected chi connectivity index (χ2v) is 5.16. The van der Waals surface area contributed by atoms with E-state index in [1.807, 2.05) is 6.07 Å². The van der Waals surface area contributed by atoms with Crippen LogP contribution in [0.3, 0.4) is 0 Å². The molecule has 0 aliphatic rings. The molecule has 1 N–H and O–H groups in total. The van der Waals surface area contributed by atoms with Crippen LogP contribution in [0.15, 0.2) is 12.1 Å². The van der Waals surface area contributed by atoms with Gasteiger partial charge in [0.25, 0.3) is 0 Å². The normalized spacial score (nSPS) is 13.8. The lowest BCUT2D eigenvalue weighted by molar-refractivity contribution is -0.174. The molecule has 0 amide bonds. The van der Waals surface area contributed by atoms with E-state index >= 15 is 0 Å². The van der Waals surface area contributed by atoms with Crippen molar-refractivity contribution in [2.45, 2.75) is 32.0 Å². The summed E-state index contributed by atoms with van der Waals surface area (Å²) >= 11 is 1.69. The summed E-state index contributed by atoms with van der Waals surface area (Å²) in [5.41, 5.74) is 0. The molecule has 0 bridgehead atoms. The van der Waals surface area contributed by atoms with Crippen molar-refractivity contribution >= 4 is 11.3 Å². The number of alkyl halides is 3. The zero-order valence-electron chi connectivity index (χ0n) is 10.5. The molecule has 1 unspecified atom stereocenters. The standard InChI is InChI=1S/C12H18F3NOS/c1-3-9-4-5-11(18-9)10(16-2)6-7-17-8-12(13,14)15/h4-5,10,16H,3,6-8H2,1-2H3. The summed E-state index contributed by atoms with van der Waals surface area (Å²) in [5, 5.41) is 3.10. The number of halogens is 3. The molecule has 0 saturated carbocycles. The Balaban J connectivity index is 2.38. The quantitative estimate of drug-likeness (QED) is 0.772. The van der Waals surface area contributed by atoms with Gasteiger partial charge in [-0.15, -0.1) is 11.3 Å². The fourth-order valence-electron chi connectivity index (χ4n) is 1.59. The number of aryl methyl sites for hydroxylation is 1. The van der Waals surface area contributed by atoms with E-state index in [2.05, 4.69) is 23.0 Å². The molecule has 1 heterocycles. The van der Waals surface area contributed by atoms with Gasteiger partial charge < -0.3 is 10.1 Å². The highest BCUT2D eigenvalue weighted by Gasteiger charge is 2.27. The first-order valence-electron chi connectivity index (χ1n) is 5.86. The highest BCUT2D eigenvalue weighted by Crippen LogP contribution is 2.26. The summed E-state index contributed by atoms with van der Waals surface area (Å²) in [4.78, 5) is 2.42. The van der Waals surface area contributed by atoms with E-state index in [1.165, 1.54) is 4.88 Å². The molecule has 1 rings (SSSR count). The van der Waals surface area contributed by atoms with Crippen LogP contribution in [0.25, 0.3) is 0 Å². The van der Waals surface area contributed by atoms with Crippen molar-refractivity contribution in [1.29, 1.82) is 0 Å². The van der Waals surface area contributed by atoms with E-state index < -0.39 is 12.8 Å². The number of rotatable bonds is 7. The maximum Gasteiger partial charge on any atom is 0.411 e. The third-order valence-electron chi connectivity index (χ3n) is 2.54. The third-order valence-corrected chi connectivity index (χ3v) is 3.88. The summed E-state index contributed by atoms with van der Waals surface area (Å²) in [6.07, 6.45) is -2.73. The van der Waals surface area contributed by atoms with Gasteiger partial charge in [0, 0.05) is 22.4 Å². The monoisotopic (exact) mass is 281 g/mol. The van der Waals surface area contributed by atoms with Crippen molar-refractivity contribution in [2.75, 3.05) is 20.3 Å². The molecule has 1 aromatic heterocycles. The first-order chi connectivity index (χ1) is 8.46. The fourth-order valence-corrected chi connectivity index (χ4v) is 2.69. The lowest BCUT2D eigenvalue weighted by Crippen LogP contribution is -2.21. The number of hydrogen-bond donors (Lipinski definition) is 1. The van der Waals surface area contributed by atoms with Crippen LogP contribution in [0.1, 0.15) is 29.1 Å². The average molecular weight is 281 g/mol. The lowest BCUT2D eigenvalue weighted by Gasteiger charge is -2.15. The lowest BCUT2D eigenvalue weighted by atomic mass is 10.2. The van der Waals surface area contributed by atoms with Crippen LogP contribution in [0, 0.1) is 0 Å². The molecule has 6 heteroatoms. The number of hydrogen-bond acceptors (Lipinski definition) is 3. The van der Waals surface area contributed by atoms with E-state index in [-0.39, 0.29) is 12.6 Å². The smallest absolute Gasteiger partial charge is 0.372 e. The van der Waals surface area contributed by atoms with E-state index in [0.717, 1.165) is 11.3 Å². The Morgan fingerprint density at radius 2 is 2.11 bits per heavy atom. The first-order valence-corrected chi connectivity index (χ1v) is 6.68. The molecule has 0 aliphatic carbocycles. The molecule has 1 aromatic rings. The van der Waals surface area contributed by atoms with E-state index in [1.54, 1.807) is 18.4 Å². The predicted octanol–water partition coefficient (Wildman–Crippen LogP) is 3.54. The summed E-state index contributed by atoms with van der Waals surface area (Å²) in [6.45, 7) is 1.01. The Morgan fingerprint density at radius 1 is 1.39 bits per heavy atom. The second-order valence-electron chi connectivity index (χ2n) is 3.96. The summed E-state index contributed by atoms with van der Waals surface area (Å²) in [7, 11) is 1.81. The summed E-state index contributed by atoms with van der Waals surface area (Å²) in [5.74, 6) is 0. The molecule has 0 aromatic carbocycles. The van der Waals surface area contributed by atoms with Gasteiger partial charge in [-0.25, -0.2) is 0 Å². The average Bonchev–Trinajstić information content (AvgIpc) is 2.76. The van der Waals surface area contributed by atoms with Gasteiger partial charge >= 0.3 is 6.18 Å². The number of ether oxygens (including phenoxy) is 1. The van der Waals surface area contributed by atoms with Gasteiger partial charge in [-0.2, -0.15) is 13.2 Å². The summed E-state index contributed by atoms with van der Waals surface area (Å²) in [6, 6.07) is 4.14. The Hall–Kier alpha value is -0.590. The minimum absolute atomic E-state index is 0.0588. The van der Waals surface area contributed by atoms with E-state index in [4.69, 9.17) is 0 Å². The molecule has 0 radical (unpaired) electrons. The van der Waals surface area contributed by atoms with E-state index in [0.29, 0.717) is 6.42 Å². The molecular weight excluding hydrogens is 263 g/mol. The van der Waals surface area contributed by atoms with Crippen LogP contribution in [0.5, 0.6) is 0 Å². The van der Waals surface area contributed by atoms with Gasteiger partial charge in [0.1, 0.15) is 6.61 Å². The topological polar surface area (TPSA) is 21.3 Å². The minimum atomic E-state index is -4.24. The van der Waals surface area contributed by atoms with Crippen molar-refractivity contribution in [3.05, 3.63) is 21.9 Å². The molecule has 18 heavy (non-hydrogen) atoms. The Bertz CT molecular complexity index is 351. The van der Waals surface area contributed by atoms with Crippen LogP contribution in [0.2, 0.25) is 0 Å². The number of thiophene rings is 1. The Morgan fingerprint density at radius 3 is 2.61 bits per heavy atom. The maximum atomic E-state index is 11.9. The molecule has 1 atom stereocenters. The van der Waals surface area contributed by atoms with Gasteiger partial charge in [-0.05, 0) is 32.0 Å². The van der Waals surface area contributed by atoms with Crippen LogP contribution in [-0.4, -0.2) is 26.4 Å². The zero-order valence-corrected chi connectivity index (χ0v) is 11.3. The van der Waals surface area contributed by atoms with Crippen molar-refractivity contribution in [2.24, 2.45) is 0 Å². The summed E-state index contributed by atoms with van der Waals surface area (Å²) < 4.78 is 40.3. The van der Waals surface area contributed by atoms with Gasteiger partial charge in [0.15, 0.2) is 0 Å². The molecule has 0 saturated heterocycles. The Kier molecular flexibility index (Phi) is 6.11. The van der Waals surface area contributed by atoms with Crippen molar-refractivity contribution in [1.82, 2.24) is 5.32 Å². The van der Waals surface area contributed by atoms with E-state index in [9.17, 15) is 13.2 Å². The molecule has 0 fully saturated rings. The third kappa shape index (κ3) is 5.37. The zero-order chi connectivity index (χ0) is 13.6. The van der Waals surface area contributed by atoms with Crippen LogP contribution in [0.4, 0.5) is 13.2 Å². The molecule has 104 valence electrons. The maximum absolute atomic E-state index is 11.9. The first kappa shape index (κ1) is 15.5. The fraction of sp³-hybridized carbons (Fsp3) is 0.667. The Labute approximate surface area is 109 Å². The largest absolute Gasteiger partial charge is 0.411 e. The predicted molar refractivity (Wildman–Crippen MR) is 67.0 cm³/mol. The van der Waals surface area contributed by atoms with Gasteiger partial charge in [-0.1, -0.05) is 6.92 Å². The molecular formula is C12H18F3NOS. The second kappa shape index (κ2) is 7.11. The van der Waals surface area contributed by atoms with Crippen molar-refractivity contribution in [3.63, 3.8) is 0 Å². The SMILES string of the molecule is CCc1ccc(C(CCOCC(F)(F)F)NC)s1. The van der Waals surface area contributed by atoms with Crippen molar-refractivity contribution < 1.29 is 17.9 Å². The molecule has 0 spiro atoms. The molecule has 0 aliphatic heterocycles. The van der Waals surface area contributed by atoms with Gasteiger partial charge in [-0.3, -0.25) is 0 Å². The van der Waals surface area contributed by atoms with Gasteiger partial charge in [0.2, 0.25) is 0 Å². The van der Waals surface area contributed by atoms with Crippen LogP contribution >= 0.6 is 11.3 Å².